The lowest BCUT2D eigenvalue weighted by atomic mass is 9.75. The number of rotatable bonds is 0. The summed E-state index contributed by atoms with van der Waals surface area (Å²) in [5.41, 5.74) is 1.36. The molecule has 0 heterocycles. The zero-order valence-electron chi connectivity index (χ0n) is 7.42. The number of allylic oxidation sites excluding steroid dienone is 4. The van der Waals surface area contributed by atoms with E-state index < -0.39 is 0 Å². The number of ketones is 1. The Bertz CT molecular complexity index is 260. The topological polar surface area (TPSA) is 17.1 Å². The molecule has 12 heavy (non-hydrogen) atoms. The monoisotopic (exact) mass is 162 g/mol. The van der Waals surface area contributed by atoms with E-state index in [1.807, 2.05) is 0 Å². The van der Waals surface area contributed by atoms with Gasteiger partial charge in [0.1, 0.15) is 5.78 Å². The number of hydrogen-bond donors (Lipinski definition) is 0. The third-order valence-corrected chi connectivity index (χ3v) is 2.96. The molecule has 1 nitrogen and oxygen atoms in total. The van der Waals surface area contributed by atoms with Gasteiger partial charge in [0.05, 0.1) is 0 Å². The van der Waals surface area contributed by atoms with E-state index in [4.69, 9.17) is 0 Å². The number of fused-ring (bicyclic) bond motifs is 1. The number of carbonyl (C=O) groups is 1. The maximum Gasteiger partial charge on any atom is 0.139 e. The molecule has 0 bridgehead atoms. The van der Waals surface area contributed by atoms with Crippen LogP contribution in [-0.4, -0.2) is 5.78 Å². The first kappa shape index (κ1) is 7.78. The van der Waals surface area contributed by atoms with Gasteiger partial charge in [-0.25, -0.2) is 0 Å². The highest BCUT2D eigenvalue weighted by molar-refractivity contribution is 5.84. The maximum atomic E-state index is 11.4. The average Bonchev–Trinajstić information content (AvgIpc) is 2.07. The molecule has 0 aromatic rings. The predicted octanol–water partition coefficient (Wildman–Crippen LogP) is 2.49. The lowest BCUT2D eigenvalue weighted by Gasteiger charge is -2.29. The van der Waals surface area contributed by atoms with Gasteiger partial charge in [0, 0.05) is 12.3 Å². The summed E-state index contributed by atoms with van der Waals surface area (Å²) in [7, 11) is 0. The molecule has 2 rings (SSSR count). The largest absolute Gasteiger partial charge is 0.299 e. The molecule has 0 aromatic heterocycles. The lowest BCUT2D eigenvalue weighted by Crippen LogP contribution is -2.25. The highest BCUT2D eigenvalue weighted by Crippen LogP contribution is 2.35. The second kappa shape index (κ2) is 2.89. The van der Waals surface area contributed by atoms with Crippen LogP contribution in [0.3, 0.4) is 0 Å². The van der Waals surface area contributed by atoms with Crippen molar-refractivity contribution in [1.29, 1.82) is 0 Å². The smallest absolute Gasteiger partial charge is 0.139 e. The number of hydrogen-bond acceptors (Lipinski definition) is 1. The van der Waals surface area contributed by atoms with Crippen molar-refractivity contribution in [3.8, 4) is 0 Å². The first-order valence-corrected chi connectivity index (χ1v) is 4.65. The van der Waals surface area contributed by atoms with E-state index in [0.717, 1.165) is 12.8 Å². The van der Waals surface area contributed by atoms with E-state index in [2.05, 4.69) is 25.2 Å². The molecule has 0 spiro atoms. The quantitative estimate of drug-likeness (QED) is 0.535. The molecule has 2 aliphatic carbocycles. The Morgan fingerprint density at radius 2 is 2.33 bits per heavy atom. The zero-order chi connectivity index (χ0) is 8.55. The second-order valence-corrected chi connectivity index (χ2v) is 3.88. The summed E-state index contributed by atoms with van der Waals surface area (Å²) in [5, 5.41) is 0. The van der Waals surface area contributed by atoms with Gasteiger partial charge in [0.25, 0.3) is 0 Å². The molecule has 0 radical (unpaired) electrons. The van der Waals surface area contributed by atoms with Crippen molar-refractivity contribution in [3.63, 3.8) is 0 Å². The SMILES string of the molecule is CC1CC2CC=CC=C2CC1=O. The fourth-order valence-corrected chi connectivity index (χ4v) is 2.11. The zero-order valence-corrected chi connectivity index (χ0v) is 7.42. The van der Waals surface area contributed by atoms with Crippen LogP contribution in [0.5, 0.6) is 0 Å². The molecule has 1 saturated carbocycles. The Kier molecular flexibility index (Phi) is 1.87. The van der Waals surface area contributed by atoms with Crippen LogP contribution in [0, 0.1) is 11.8 Å². The van der Waals surface area contributed by atoms with Gasteiger partial charge < -0.3 is 0 Å². The molecular formula is C11H14O. The fourth-order valence-electron chi connectivity index (χ4n) is 2.11. The van der Waals surface area contributed by atoms with Crippen LogP contribution in [0.1, 0.15) is 26.2 Å². The van der Waals surface area contributed by atoms with E-state index in [1.54, 1.807) is 0 Å². The molecule has 2 atom stereocenters. The van der Waals surface area contributed by atoms with Gasteiger partial charge in [-0.15, -0.1) is 0 Å². The van der Waals surface area contributed by atoms with Crippen molar-refractivity contribution in [2.45, 2.75) is 26.2 Å². The first-order chi connectivity index (χ1) is 5.77. The molecule has 0 N–H and O–H groups in total. The Morgan fingerprint density at radius 3 is 3.17 bits per heavy atom. The lowest BCUT2D eigenvalue weighted by molar-refractivity contribution is -0.123. The summed E-state index contributed by atoms with van der Waals surface area (Å²) in [5.74, 6) is 1.38. The van der Waals surface area contributed by atoms with E-state index in [0.29, 0.717) is 24.0 Å². The Morgan fingerprint density at radius 1 is 1.50 bits per heavy atom. The standard InChI is InChI=1S/C11H14O/c1-8-6-9-4-2-3-5-10(9)7-11(8)12/h2-3,5,8-9H,4,6-7H2,1H3. The van der Waals surface area contributed by atoms with Gasteiger partial charge in [0.2, 0.25) is 0 Å². The summed E-state index contributed by atoms with van der Waals surface area (Å²) < 4.78 is 0. The maximum absolute atomic E-state index is 11.4. The molecule has 64 valence electrons. The summed E-state index contributed by atoms with van der Waals surface area (Å²) >= 11 is 0. The average molecular weight is 162 g/mol. The van der Waals surface area contributed by atoms with Gasteiger partial charge in [-0.1, -0.05) is 30.7 Å². The van der Waals surface area contributed by atoms with Crippen LogP contribution in [0.15, 0.2) is 23.8 Å². The van der Waals surface area contributed by atoms with Gasteiger partial charge in [0.15, 0.2) is 0 Å². The highest BCUT2D eigenvalue weighted by Gasteiger charge is 2.28. The van der Waals surface area contributed by atoms with E-state index >= 15 is 0 Å². The number of Topliss-reactive ketones (excluding diaryl/α,β-unsaturated/α-hetero) is 1. The fraction of sp³-hybridized carbons (Fsp3) is 0.545. The van der Waals surface area contributed by atoms with Crippen molar-refractivity contribution in [1.82, 2.24) is 0 Å². The Labute approximate surface area is 73.2 Å². The summed E-state index contributed by atoms with van der Waals surface area (Å²) in [6, 6.07) is 0. The minimum absolute atomic E-state index is 0.290. The van der Waals surface area contributed by atoms with Gasteiger partial charge in [-0.2, -0.15) is 0 Å². The molecular weight excluding hydrogens is 148 g/mol. The molecule has 1 fully saturated rings. The third-order valence-electron chi connectivity index (χ3n) is 2.96. The van der Waals surface area contributed by atoms with Crippen LogP contribution >= 0.6 is 0 Å². The summed E-state index contributed by atoms with van der Waals surface area (Å²) in [6.07, 6.45) is 9.32. The molecule has 0 saturated heterocycles. The minimum Gasteiger partial charge on any atom is -0.299 e. The van der Waals surface area contributed by atoms with Crippen molar-refractivity contribution in [3.05, 3.63) is 23.8 Å². The Balaban J connectivity index is 2.19. The van der Waals surface area contributed by atoms with Crippen molar-refractivity contribution >= 4 is 5.78 Å². The first-order valence-electron chi connectivity index (χ1n) is 4.65. The molecule has 2 unspecified atom stereocenters. The van der Waals surface area contributed by atoms with Gasteiger partial charge in [-0.05, 0) is 18.8 Å². The molecule has 2 aliphatic rings. The minimum atomic E-state index is 0.290. The van der Waals surface area contributed by atoms with Gasteiger partial charge in [-0.3, -0.25) is 4.79 Å². The van der Waals surface area contributed by atoms with Crippen LogP contribution in [-0.2, 0) is 4.79 Å². The predicted molar refractivity (Wildman–Crippen MR) is 48.7 cm³/mol. The third kappa shape index (κ3) is 1.24. The van der Waals surface area contributed by atoms with E-state index in [9.17, 15) is 4.79 Å². The van der Waals surface area contributed by atoms with Crippen LogP contribution in [0.4, 0.5) is 0 Å². The molecule has 1 heteroatoms. The Hall–Kier alpha value is -0.850. The molecule has 0 aromatic carbocycles. The second-order valence-electron chi connectivity index (χ2n) is 3.88. The van der Waals surface area contributed by atoms with Crippen molar-refractivity contribution in [2.75, 3.05) is 0 Å². The number of carbonyl (C=O) groups excluding carboxylic acids is 1. The normalized spacial score (nSPS) is 34.4. The van der Waals surface area contributed by atoms with Crippen LogP contribution in [0.25, 0.3) is 0 Å². The van der Waals surface area contributed by atoms with E-state index in [-0.39, 0.29) is 0 Å². The van der Waals surface area contributed by atoms with Crippen LogP contribution in [0.2, 0.25) is 0 Å². The van der Waals surface area contributed by atoms with Crippen LogP contribution < -0.4 is 0 Å². The van der Waals surface area contributed by atoms with Gasteiger partial charge >= 0.3 is 0 Å². The molecule has 0 aliphatic heterocycles. The van der Waals surface area contributed by atoms with Crippen molar-refractivity contribution in [2.24, 2.45) is 11.8 Å². The summed E-state index contributed by atoms with van der Waals surface area (Å²) in [4.78, 5) is 11.4. The summed E-state index contributed by atoms with van der Waals surface area (Å²) in [6.45, 7) is 2.05. The van der Waals surface area contributed by atoms with E-state index in [1.165, 1.54) is 5.57 Å². The highest BCUT2D eigenvalue weighted by atomic mass is 16.1. The van der Waals surface area contributed by atoms with Crippen molar-refractivity contribution < 1.29 is 4.79 Å². The molecule has 0 amide bonds.